The summed E-state index contributed by atoms with van der Waals surface area (Å²) in [6.07, 6.45) is 2.55. The second-order valence-electron chi connectivity index (χ2n) is 5.38. The Bertz CT molecular complexity index is 475. The predicted molar refractivity (Wildman–Crippen MR) is 81.4 cm³/mol. The molecule has 0 bridgehead atoms. The number of rotatable bonds is 6. The average Bonchev–Trinajstić information content (AvgIpc) is 2.89. The van der Waals surface area contributed by atoms with Crippen molar-refractivity contribution in [3.8, 4) is 0 Å². The number of hydrogen-bond donors (Lipinski definition) is 1. The molecule has 1 aliphatic heterocycles. The highest BCUT2D eigenvalue weighted by Gasteiger charge is 2.18. The Labute approximate surface area is 124 Å². The van der Waals surface area contributed by atoms with Crippen LogP contribution in [0.25, 0.3) is 0 Å². The topological polar surface area (TPSA) is 58.4 Å². The van der Waals surface area contributed by atoms with Gasteiger partial charge in [0.1, 0.15) is 5.69 Å². The van der Waals surface area contributed by atoms with E-state index in [0.717, 1.165) is 19.6 Å². The molecule has 1 atom stereocenters. The minimum absolute atomic E-state index is 0.0332. The first-order valence-electron chi connectivity index (χ1n) is 6.97. The molecule has 6 heteroatoms. The van der Waals surface area contributed by atoms with E-state index >= 15 is 0 Å². The lowest BCUT2D eigenvalue weighted by atomic mass is 10.1. The molecule has 1 aromatic carbocycles. The maximum Gasteiger partial charge on any atom is 0.293 e. The number of halogens is 1. The number of likely N-dealkylation sites (tertiary alicyclic amines) is 1. The molecule has 1 heterocycles. The van der Waals surface area contributed by atoms with E-state index in [4.69, 9.17) is 11.6 Å². The van der Waals surface area contributed by atoms with Crippen LogP contribution in [0.3, 0.4) is 0 Å². The summed E-state index contributed by atoms with van der Waals surface area (Å²) in [4.78, 5) is 13.0. The molecule has 20 heavy (non-hydrogen) atoms. The number of benzene rings is 1. The van der Waals surface area contributed by atoms with Gasteiger partial charge in [-0.2, -0.15) is 0 Å². The van der Waals surface area contributed by atoms with Crippen LogP contribution < -0.4 is 5.32 Å². The molecular weight excluding hydrogens is 278 g/mol. The van der Waals surface area contributed by atoms with E-state index in [1.807, 2.05) is 0 Å². The zero-order valence-electron chi connectivity index (χ0n) is 11.6. The first kappa shape index (κ1) is 15.1. The summed E-state index contributed by atoms with van der Waals surface area (Å²) in [6, 6.07) is 4.74. The van der Waals surface area contributed by atoms with E-state index in [2.05, 4.69) is 17.1 Å². The smallest absolute Gasteiger partial charge is 0.293 e. The molecule has 1 aromatic rings. The lowest BCUT2D eigenvalue weighted by molar-refractivity contribution is -0.383. The van der Waals surface area contributed by atoms with Crippen LogP contribution in [0.5, 0.6) is 0 Å². The van der Waals surface area contributed by atoms with Crippen molar-refractivity contribution in [3.63, 3.8) is 0 Å². The largest absolute Gasteiger partial charge is 0.378 e. The Kier molecular flexibility index (Phi) is 5.20. The second kappa shape index (κ2) is 6.90. The molecule has 1 aliphatic rings. The van der Waals surface area contributed by atoms with Gasteiger partial charge in [-0.05, 0) is 37.9 Å². The second-order valence-corrected chi connectivity index (χ2v) is 5.79. The third-order valence-corrected chi connectivity index (χ3v) is 3.90. The van der Waals surface area contributed by atoms with Gasteiger partial charge in [-0.1, -0.05) is 24.6 Å². The van der Waals surface area contributed by atoms with Crippen LogP contribution in [-0.4, -0.2) is 36.0 Å². The van der Waals surface area contributed by atoms with E-state index in [1.165, 1.54) is 18.9 Å². The normalized spacial score (nSPS) is 17.1. The summed E-state index contributed by atoms with van der Waals surface area (Å²) < 4.78 is 0. The molecule has 0 aromatic heterocycles. The standard InChI is InChI=1S/C14H20ClN3O2/c1-11(10-17-7-2-3-8-17)9-16-14-12(15)5-4-6-13(14)18(19)20/h4-6,11,16H,2-3,7-10H2,1H3. The van der Waals surface area contributed by atoms with Gasteiger partial charge in [0.25, 0.3) is 5.69 Å². The molecule has 1 saturated heterocycles. The van der Waals surface area contributed by atoms with Gasteiger partial charge < -0.3 is 10.2 Å². The van der Waals surface area contributed by atoms with Crippen molar-refractivity contribution >= 4 is 23.0 Å². The van der Waals surface area contributed by atoms with Gasteiger partial charge in [0.05, 0.1) is 9.95 Å². The van der Waals surface area contributed by atoms with E-state index < -0.39 is 4.92 Å². The monoisotopic (exact) mass is 297 g/mol. The Hall–Kier alpha value is -1.33. The third kappa shape index (κ3) is 3.84. The van der Waals surface area contributed by atoms with Gasteiger partial charge in [0.2, 0.25) is 0 Å². The molecule has 2 rings (SSSR count). The van der Waals surface area contributed by atoms with Crippen molar-refractivity contribution in [3.05, 3.63) is 33.3 Å². The zero-order chi connectivity index (χ0) is 14.5. The van der Waals surface area contributed by atoms with Crippen molar-refractivity contribution < 1.29 is 4.92 Å². The number of nitro benzene ring substituents is 1. The van der Waals surface area contributed by atoms with Crippen LogP contribution in [0.2, 0.25) is 5.02 Å². The maximum absolute atomic E-state index is 11.0. The number of para-hydroxylation sites is 1. The fourth-order valence-electron chi connectivity index (χ4n) is 2.59. The number of anilines is 1. The fourth-order valence-corrected chi connectivity index (χ4v) is 2.82. The van der Waals surface area contributed by atoms with Crippen molar-refractivity contribution in [2.24, 2.45) is 5.92 Å². The van der Waals surface area contributed by atoms with E-state index in [1.54, 1.807) is 12.1 Å². The van der Waals surface area contributed by atoms with Crippen LogP contribution in [0.1, 0.15) is 19.8 Å². The third-order valence-electron chi connectivity index (χ3n) is 3.58. The van der Waals surface area contributed by atoms with E-state index in [-0.39, 0.29) is 5.69 Å². The Morgan fingerprint density at radius 1 is 1.45 bits per heavy atom. The zero-order valence-corrected chi connectivity index (χ0v) is 12.4. The van der Waals surface area contributed by atoms with Crippen molar-refractivity contribution in [1.82, 2.24) is 4.90 Å². The quantitative estimate of drug-likeness (QED) is 0.646. The molecule has 0 spiro atoms. The van der Waals surface area contributed by atoms with Crippen LogP contribution >= 0.6 is 11.6 Å². The Balaban J connectivity index is 1.94. The lowest BCUT2D eigenvalue weighted by Gasteiger charge is -2.21. The van der Waals surface area contributed by atoms with Crippen molar-refractivity contribution in [2.75, 3.05) is 31.5 Å². The summed E-state index contributed by atoms with van der Waals surface area (Å²) in [5.74, 6) is 0.420. The molecule has 1 fully saturated rings. The van der Waals surface area contributed by atoms with Gasteiger partial charge in [-0.25, -0.2) is 0 Å². The Morgan fingerprint density at radius 3 is 2.80 bits per heavy atom. The first-order valence-corrected chi connectivity index (χ1v) is 7.35. The van der Waals surface area contributed by atoms with Gasteiger partial charge in [-0.15, -0.1) is 0 Å². The number of nitro groups is 1. The van der Waals surface area contributed by atoms with E-state index in [0.29, 0.717) is 23.2 Å². The van der Waals surface area contributed by atoms with Crippen molar-refractivity contribution in [1.29, 1.82) is 0 Å². The fraction of sp³-hybridized carbons (Fsp3) is 0.571. The van der Waals surface area contributed by atoms with Crippen molar-refractivity contribution in [2.45, 2.75) is 19.8 Å². The van der Waals surface area contributed by atoms with E-state index in [9.17, 15) is 10.1 Å². The molecule has 1 N–H and O–H groups in total. The molecule has 1 unspecified atom stereocenters. The average molecular weight is 298 g/mol. The summed E-state index contributed by atoms with van der Waals surface area (Å²) in [7, 11) is 0. The van der Waals surface area contributed by atoms with Crippen LogP contribution in [0, 0.1) is 16.0 Å². The highest BCUT2D eigenvalue weighted by Crippen LogP contribution is 2.31. The number of hydrogen-bond acceptors (Lipinski definition) is 4. The molecule has 110 valence electrons. The Morgan fingerprint density at radius 2 is 2.15 bits per heavy atom. The van der Waals surface area contributed by atoms with Gasteiger partial charge in [-0.3, -0.25) is 10.1 Å². The minimum Gasteiger partial charge on any atom is -0.378 e. The van der Waals surface area contributed by atoms with Gasteiger partial charge in [0, 0.05) is 19.2 Å². The minimum atomic E-state index is -0.403. The molecule has 0 saturated carbocycles. The molecule has 0 aliphatic carbocycles. The summed E-state index contributed by atoms with van der Waals surface area (Å²) in [6.45, 7) is 6.17. The van der Waals surface area contributed by atoms with Gasteiger partial charge >= 0.3 is 0 Å². The molecule has 0 radical (unpaired) electrons. The van der Waals surface area contributed by atoms with Gasteiger partial charge in [0.15, 0.2) is 0 Å². The lowest BCUT2D eigenvalue weighted by Crippen LogP contribution is -2.29. The SMILES string of the molecule is CC(CNc1c(Cl)cccc1[N+](=O)[O-])CN1CCCC1. The number of nitrogens with one attached hydrogen (secondary N) is 1. The molecular formula is C14H20ClN3O2. The summed E-state index contributed by atoms with van der Waals surface area (Å²) in [5, 5.41) is 14.5. The van der Waals surface area contributed by atoms with Crippen LogP contribution in [0.15, 0.2) is 18.2 Å². The highest BCUT2D eigenvalue weighted by molar-refractivity contribution is 6.33. The van der Waals surface area contributed by atoms with Crippen LogP contribution in [0.4, 0.5) is 11.4 Å². The molecule has 0 amide bonds. The highest BCUT2D eigenvalue weighted by atomic mass is 35.5. The molecule has 5 nitrogen and oxygen atoms in total. The first-order chi connectivity index (χ1) is 9.58. The maximum atomic E-state index is 11.0. The predicted octanol–water partition coefficient (Wildman–Crippen LogP) is 3.39. The number of nitrogens with zero attached hydrogens (tertiary/aromatic N) is 2. The van der Waals surface area contributed by atoms with Crippen LogP contribution in [-0.2, 0) is 0 Å². The summed E-state index contributed by atoms with van der Waals surface area (Å²) in [5.41, 5.74) is 0.457. The summed E-state index contributed by atoms with van der Waals surface area (Å²) >= 11 is 6.05.